The number of fused-ring (bicyclic) bond motifs is 1. The number of para-hydroxylation sites is 2. The van der Waals surface area contributed by atoms with E-state index in [0.29, 0.717) is 6.67 Å². The molecular weight excluding hydrogens is 368 g/mol. The Morgan fingerprint density at radius 3 is 2.52 bits per heavy atom. The summed E-state index contributed by atoms with van der Waals surface area (Å²) in [6.45, 7) is 2.04. The predicted molar refractivity (Wildman–Crippen MR) is 108 cm³/mol. The van der Waals surface area contributed by atoms with E-state index in [0.717, 1.165) is 81.4 Å². The van der Waals surface area contributed by atoms with E-state index in [9.17, 15) is 9.59 Å². The number of amides is 3. The van der Waals surface area contributed by atoms with E-state index in [2.05, 4.69) is 15.2 Å². The number of benzene rings is 1. The molecule has 5 rings (SSSR count). The number of rotatable bonds is 3. The number of carbonyl (C=O) groups excluding carboxylic acids is 2. The van der Waals surface area contributed by atoms with Crippen molar-refractivity contribution in [1.29, 1.82) is 0 Å². The van der Waals surface area contributed by atoms with Crippen molar-refractivity contribution in [3.05, 3.63) is 30.2 Å². The van der Waals surface area contributed by atoms with Crippen molar-refractivity contribution >= 4 is 23.0 Å². The molecule has 3 heterocycles. The van der Waals surface area contributed by atoms with Gasteiger partial charge in [-0.2, -0.15) is 0 Å². The predicted octanol–water partition coefficient (Wildman–Crippen LogP) is 3.61. The molecule has 1 aliphatic carbocycles. The van der Waals surface area contributed by atoms with Gasteiger partial charge in [0, 0.05) is 19.0 Å². The Hall–Kier alpha value is -2.41. The van der Waals surface area contributed by atoms with Gasteiger partial charge in [-0.15, -0.1) is 0 Å². The zero-order chi connectivity index (χ0) is 19.8. The number of carbonyl (C=O) groups is 2. The fourth-order valence-corrected chi connectivity index (χ4v) is 5.06. The average molecular weight is 396 g/mol. The fraction of sp³-hybridized carbons (Fsp3) is 0.591. The molecule has 2 aliphatic heterocycles. The summed E-state index contributed by atoms with van der Waals surface area (Å²) in [5.41, 5.74) is 1.08. The van der Waals surface area contributed by atoms with E-state index in [-0.39, 0.29) is 17.9 Å². The fourth-order valence-electron chi connectivity index (χ4n) is 5.06. The number of likely N-dealkylation sites (tertiary alicyclic amines) is 1. The first-order valence-electron chi connectivity index (χ1n) is 10.9. The van der Waals surface area contributed by atoms with Gasteiger partial charge < -0.3 is 9.73 Å². The maximum atomic E-state index is 13.1. The van der Waals surface area contributed by atoms with E-state index in [4.69, 9.17) is 4.42 Å². The highest BCUT2D eigenvalue weighted by molar-refractivity contribution is 6.07. The molecule has 3 aliphatic rings. The van der Waals surface area contributed by atoms with Gasteiger partial charge >= 0.3 is 6.03 Å². The first-order valence-corrected chi connectivity index (χ1v) is 10.9. The van der Waals surface area contributed by atoms with Crippen LogP contribution in [-0.2, 0) is 4.79 Å². The van der Waals surface area contributed by atoms with Gasteiger partial charge in [-0.25, -0.2) is 14.7 Å². The average Bonchev–Trinajstić information content (AvgIpc) is 3.15. The number of aromatic nitrogens is 1. The van der Waals surface area contributed by atoms with Gasteiger partial charge in [-0.05, 0) is 37.8 Å². The van der Waals surface area contributed by atoms with Crippen LogP contribution >= 0.6 is 0 Å². The second-order valence-corrected chi connectivity index (χ2v) is 8.71. The third-order valence-electron chi connectivity index (χ3n) is 6.79. The van der Waals surface area contributed by atoms with E-state index in [1.54, 1.807) is 0 Å². The van der Waals surface area contributed by atoms with Gasteiger partial charge in [-0.1, -0.05) is 37.8 Å². The maximum absolute atomic E-state index is 13.1. The smallest absolute Gasteiger partial charge is 0.326 e. The molecule has 7 nitrogen and oxygen atoms in total. The molecule has 154 valence electrons. The normalized spacial score (nSPS) is 23.7. The molecule has 1 N–H and O–H groups in total. The summed E-state index contributed by atoms with van der Waals surface area (Å²) in [5.74, 6) is 1.07. The number of hydrogen-bond donors (Lipinski definition) is 1. The van der Waals surface area contributed by atoms with Crippen LogP contribution in [0.4, 0.5) is 4.79 Å². The molecule has 1 aromatic carbocycles. The molecule has 0 bridgehead atoms. The van der Waals surface area contributed by atoms with Crippen molar-refractivity contribution < 1.29 is 14.0 Å². The Balaban J connectivity index is 1.21. The number of piperidine rings is 1. The molecule has 1 aromatic heterocycles. The van der Waals surface area contributed by atoms with Crippen LogP contribution in [0.25, 0.3) is 11.1 Å². The van der Waals surface area contributed by atoms with Crippen molar-refractivity contribution in [1.82, 2.24) is 20.1 Å². The molecule has 29 heavy (non-hydrogen) atoms. The van der Waals surface area contributed by atoms with Crippen LogP contribution in [0, 0.1) is 0 Å². The minimum atomic E-state index is -0.649. The van der Waals surface area contributed by atoms with E-state index in [1.807, 2.05) is 24.3 Å². The van der Waals surface area contributed by atoms with Crippen LogP contribution in [0.2, 0.25) is 0 Å². The van der Waals surface area contributed by atoms with Crippen molar-refractivity contribution in [2.24, 2.45) is 0 Å². The number of nitrogens with one attached hydrogen (secondary N) is 1. The topological polar surface area (TPSA) is 78.7 Å². The lowest BCUT2D eigenvalue weighted by molar-refractivity contribution is -0.133. The van der Waals surface area contributed by atoms with Gasteiger partial charge in [0.15, 0.2) is 11.5 Å². The summed E-state index contributed by atoms with van der Waals surface area (Å²) in [6, 6.07) is 7.62. The van der Waals surface area contributed by atoms with Crippen molar-refractivity contribution in [2.45, 2.75) is 62.8 Å². The Kier molecular flexibility index (Phi) is 4.78. The highest BCUT2D eigenvalue weighted by Crippen LogP contribution is 2.34. The largest absolute Gasteiger partial charge is 0.440 e. The minimum absolute atomic E-state index is 0.0227. The molecule has 0 unspecified atom stereocenters. The second-order valence-electron chi connectivity index (χ2n) is 8.71. The monoisotopic (exact) mass is 396 g/mol. The molecule has 0 atom stereocenters. The number of hydrogen-bond acceptors (Lipinski definition) is 5. The highest BCUT2D eigenvalue weighted by Gasteiger charge is 2.51. The Morgan fingerprint density at radius 2 is 1.79 bits per heavy atom. The maximum Gasteiger partial charge on any atom is 0.326 e. The van der Waals surface area contributed by atoms with Crippen LogP contribution < -0.4 is 5.32 Å². The van der Waals surface area contributed by atoms with Gasteiger partial charge in [0.2, 0.25) is 0 Å². The number of imide groups is 1. The molecule has 7 heteroatoms. The van der Waals surface area contributed by atoms with Gasteiger partial charge in [0.05, 0.1) is 6.67 Å². The number of nitrogens with zero attached hydrogens (tertiary/aromatic N) is 3. The van der Waals surface area contributed by atoms with Crippen molar-refractivity contribution in [2.75, 3.05) is 19.8 Å². The van der Waals surface area contributed by atoms with Gasteiger partial charge in [-0.3, -0.25) is 9.69 Å². The molecule has 2 saturated heterocycles. The first kappa shape index (κ1) is 18.6. The molecule has 3 fully saturated rings. The number of urea groups is 1. The quantitative estimate of drug-likeness (QED) is 0.802. The molecular formula is C22H28N4O3. The van der Waals surface area contributed by atoms with Crippen molar-refractivity contribution in [3.8, 4) is 0 Å². The number of oxazole rings is 1. The van der Waals surface area contributed by atoms with E-state index < -0.39 is 5.54 Å². The standard InChI is InChI=1S/C22H28N4O3/c27-20-22(11-5-1-2-6-12-22)24-21(28)26(20)15-25-13-9-16(10-14-25)19-23-17-7-3-4-8-18(17)29-19/h3-4,7-8,16H,1-2,5-6,9-15H2,(H,24,28). The van der Waals surface area contributed by atoms with Crippen LogP contribution in [-0.4, -0.2) is 52.0 Å². The third-order valence-corrected chi connectivity index (χ3v) is 6.79. The highest BCUT2D eigenvalue weighted by atomic mass is 16.3. The van der Waals surface area contributed by atoms with Crippen LogP contribution in [0.5, 0.6) is 0 Å². The lowest BCUT2D eigenvalue weighted by Crippen LogP contribution is -2.48. The summed E-state index contributed by atoms with van der Waals surface area (Å²) in [5, 5.41) is 3.03. The summed E-state index contributed by atoms with van der Waals surface area (Å²) in [6.07, 6.45) is 7.69. The summed E-state index contributed by atoms with van der Waals surface area (Å²) in [4.78, 5) is 33.9. The van der Waals surface area contributed by atoms with E-state index in [1.165, 1.54) is 4.90 Å². The summed E-state index contributed by atoms with van der Waals surface area (Å²) in [7, 11) is 0. The third kappa shape index (κ3) is 3.41. The Bertz CT molecular complexity index is 875. The summed E-state index contributed by atoms with van der Waals surface area (Å²) >= 11 is 0. The molecule has 3 amide bonds. The van der Waals surface area contributed by atoms with Crippen molar-refractivity contribution in [3.63, 3.8) is 0 Å². The van der Waals surface area contributed by atoms with Gasteiger partial charge in [0.1, 0.15) is 11.1 Å². The minimum Gasteiger partial charge on any atom is -0.440 e. The van der Waals surface area contributed by atoms with Crippen LogP contribution in [0.15, 0.2) is 28.7 Å². The van der Waals surface area contributed by atoms with Crippen LogP contribution in [0.1, 0.15) is 63.2 Å². The molecule has 0 radical (unpaired) electrons. The molecule has 1 spiro atoms. The zero-order valence-corrected chi connectivity index (χ0v) is 16.7. The Morgan fingerprint density at radius 1 is 1.07 bits per heavy atom. The first-order chi connectivity index (χ1) is 14.1. The second kappa shape index (κ2) is 7.44. The lowest BCUT2D eigenvalue weighted by atomic mass is 9.90. The lowest BCUT2D eigenvalue weighted by Gasteiger charge is -2.33. The molecule has 2 aromatic rings. The molecule has 1 saturated carbocycles. The Labute approximate surface area is 170 Å². The van der Waals surface area contributed by atoms with Gasteiger partial charge in [0.25, 0.3) is 5.91 Å². The van der Waals surface area contributed by atoms with Crippen LogP contribution in [0.3, 0.4) is 0 Å². The summed E-state index contributed by atoms with van der Waals surface area (Å²) < 4.78 is 5.94. The SMILES string of the molecule is O=C1NC2(CCCCCC2)C(=O)N1CN1CCC(c2nc3ccccc3o2)CC1. The van der Waals surface area contributed by atoms with E-state index >= 15 is 0 Å². The zero-order valence-electron chi connectivity index (χ0n) is 16.7.